The summed E-state index contributed by atoms with van der Waals surface area (Å²) in [5.74, 6) is 0. The summed E-state index contributed by atoms with van der Waals surface area (Å²) in [6, 6.07) is 23.9. The van der Waals surface area contributed by atoms with E-state index in [4.69, 9.17) is 4.98 Å². The summed E-state index contributed by atoms with van der Waals surface area (Å²) < 4.78 is 0. The van der Waals surface area contributed by atoms with Gasteiger partial charge in [0.25, 0.3) is 0 Å². The third-order valence-corrected chi connectivity index (χ3v) is 5.10. The Kier molecular flexibility index (Phi) is 4.23. The van der Waals surface area contributed by atoms with Crippen LogP contribution in [0, 0.1) is 0 Å². The Hall–Kier alpha value is -2.67. The molecule has 0 fully saturated rings. The molecule has 0 aliphatic heterocycles. The van der Waals surface area contributed by atoms with Crippen LogP contribution < -0.4 is 0 Å². The van der Waals surface area contributed by atoms with Gasteiger partial charge in [-0.05, 0) is 41.3 Å². The lowest BCUT2D eigenvalue weighted by Gasteiger charge is -2.17. The summed E-state index contributed by atoms with van der Waals surface area (Å²) >= 11 is 0. The monoisotopic (exact) mass is 325 g/mol. The molecule has 0 aliphatic carbocycles. The summed E-state index contributed by atoms with van der Waals surface area (Å²) in [6.45, 7) is 4.46. The van der Waals surface area contributed by atoms with Crippen LogP contribution in [0.2, 0.25) is 0 Å². The van der Waals surface area contributed by atoms with E-state index in [1.165, 1.54) is 38.5 Å². The van der Waals surface area contributed by atoms with Crippen LogP contribution >= 0.6 is 0 Å². The Labute approximate surface area is 149 Å². The zero-order valence-electron chi connectivity index (χ0n) is 14.9. The first-order valence-electron chi connectivity index (χ1n) is 9.17. The van der Waals surface area contributed by atoms with Crippen LogP contribution in [0.15, 0.2) is 66.7 Å². The van der Waals surface area contributed by atoms with Gasteiger partial charge >= 0.3 is 0 Å². The van der Waals surface area contributed by atoms with Gasteiger partial charge < -0.3 is 0 Å². The fourth-order valence-electron chi connectivity index (χ4n) is 3.87. The highest BCUT2D eigenvalue weighted by Gasteiger charge is 2.15. The predicted molar refractivity (Wildman–Crippen MR) is 107 cm³/mol. The number of fused-ring (bicyclic) bond motifs is 3. The minimum absolute atomic E-state index is 0.967. The third-order valence-electron chi connectivity index (χ3n) is 5.10. The maximum absolute atomic E-state index is 5.09. The fraction of sp³-hybridized carbons (Fsp3) is 0.208. The Balaban J connectivity index is 2.05. The molecular weight excluding hydrogens is 302 g/mol. The van der Waals surface area contributed by atoms with E-state index in [0.29, 0.717) is 0 Å². The highest BCUT2D eigenvalue weighted by atomic mass is 14.7. The number of aromatic nitrogens is 1. The molecule has 4 rings (SSSR count). The molecule has 0 unspecified atom stereocenters. The van der Waals surface area contributed by atoms with Gasteiger partial charge in [0.1, 0.15) is 0 Å². The van der Waals surface area contributed by atoms with Gasteiger partial charge in [-0.1, -0.05) is 80.6 Å². The molecule has 1 aromatic heterocycles. The molecule has 0 bridgehead atoms. The number of aryl methyl sites for hydroxylation is 1. The average Bonchev–Trinajstić information content (AvgIpc) is 2.68. The van der Waals surface area contributed by atoms with Crippen molar-refractivity contribution in [3.05, 3.63) is 89.1 Å². The van der Waals surface area contributed by atoms with Crippen LogP contribution in [0.4, 0.5) is 0 Å². The van der Waals surface area contributed by atoms with Crippen molar-refractivity contribution in [3.63, 3.8) is 0 Å². The van der Waals surface area contributed by atoms with Gasteiger partial charge in [-0.2, -0.15) is 0 Å². The molecule has 0 N–H and O–H groups in total. The van der Waals surface area contributed by atoms with E-state index in [-0.39, 0.29) is 0 Å². The Morgan fingerprint density at radius 2 is 1.44 bits per heavy atom. The van der Waals surface area contributed by atoms with Crippen molar-refractivity contribution in [2.45, 2.75) is 33.1 Å². The summed E-state index contributed by atoms with van der Waals surface area (Å²) in [5.41, 5.74) is 6.63. The van der Waals surface area contributed by atoms with Crippen molar-refractivity contribution < 1.29 is 0 Å². The van der Waals surface area contributed by atoms with Gasteiger partial charge in [0.15, 0.2) is 0 Å². The van der Waals surface area contributed by atoms with Crippen LogP contribution in [-0.4, -0.2) is 4.98 Å². The summed E-state index contributed by atoms with van der Waals surface area (Å²) in [7, 11) is 0. The summed E-state index contributed by atoms with van der Waals surface area (Å²) in [6.07, 6.45) is 2.97. The predicted octanol–water partition coefficient (Wildman–Crippen LogP) is 6.10. The lowest BCUT2D eigenvalue weighted by Crippen LogP contribution is -2.04. The van der Waals surface area contributed by atoms with E-state index in [0.717, 1.165) is 24.8 Å². The number of hydrogen-bond donors (Lipinski definition) is 0. The molecule has 1 heterocycles. The largest absolute Gasteiger partial charge is 0.252 e. The van der Waals surface area contributed by atoms with Crippen molar-refractivity contribution in [2.75, 3.05) is 0 Å². The molecule has 0 radical (unpaired) electrons. The Morgan fingerprint density at radius 3 is 2.20 bits per heavy atom. The minimum atomic E-state index is 0.967. The number of nitrogens with zero attached hydrogens (tertiary/aromatic N) is 1. The minimum Gasteiger partial charge on any atom is -0.252 e. The fourth-order valence-corrected chi connectivity index (χ4v) is 3.87. The second kappa shape index (κ2) is 6.68. The number of rotatable bonds is 4. The number of hydrogen-bond acceptors (Lipinski definition) is 1. The van der Waals surface area contributed by atoms with Crippen molar-refractivity contribution in [1.29, 1.82) is 0 Å². The lowest BCUT2D eigenvalue weighted by molar-refractivity contribution is 0.955. The molecule has 0 spiro atoms. The van der Waals surface area contributed by atoms with Crippen molar-refractivity contribution in [2.24, 2.45) is 0 Å². The van der Waals surface area contributed by atoms with E-state index in [1.54, 1.807) is 0 Å². The van der Waals surface area contributed by atoms with E-state index in [1.807, 2.05) is 0 Å². The zero-order chi connectivity index (χ0) is 17.2. The van der Waals surface area contributed by atoms with Gasteiger partial charge in [0, 0.05) is 16.5 Å². The smallest absolute Gasteiger partial charge is 0.0786 e. The standard InChI is InChI=1S/C24H23N/c1-3-19-22(16-17-10-6-5-7-11-17)21-15-14-18-12-8-9-13-20(18)24(21)25-23(19)4-2/h5-15H,3-4,16H2,1-2H3. The first-order chi connectivity index (χ1) is 12.3. The zero-order valence-corrected chi connectivity index (χ0v) is 14.9. The highest BCUT2D eigenvalue weighted by Crippen LogP contribution is 2.31. The number of pyridine rings is 1. The van der Waals surface area contributed by atoms with Gasteiger partial charge in [-0.15, -0.1) is 0 Å². The van der Waals surface area contributed by atoms with E-state index >= 15 is 0 Å². The highest BCUT2D eigenvalue weighted by molar-refractivity contribution is 6.06. The molecule has 1 nitrogen and oxygen atoms in total. The molecular formula is C24H23N. The quantitative estimate of drug-likeness (QED) is 0.413. The Morgan fingerprint density at radius 1 is 0.680 bits per heavy atom. The van der Waals surface area contributed by atoms with Crippen LogP contribution in [0.3, 0.4) is 0 Å². The average molecular weight is 325 g/mol. The maximum atomic E-state index is 5.09. The SMILES string of the molecule is CCc1nc2c(ccc3ccccc32)c(Cc2ccccc2)c1CC. The van der Waals surface area contributed by atoms with Crippen molar-refractivity contribution in [3.8, 4) is 0 Å². The summed E-state index contributed by atoms with van der Waals surface area (Å²) in [4.78, 5) is 5.09. The second-order valence-electron chi connectivity index (χ2n) is 6.57. The molecule has 124 valence electrons. The molecule has 0 saturated heterocycles. The van der Waals surface area contributed by atoms with Gasteiger partial charge in [0.05, 0.1) is 5.52 Å². The Bertz CT molecular complexity index is 1030. The molecule has 0 aliphatic rings. The van der Waals surface area contributed by atoms with Crippen LogP contribution in [0.1, 0.15) is 36.2 Å². The first-order valence-corrected chi connectivity index (χ1v) is 9.17. The topological polar surface area (TPSA) is 12.9 Å². The summed E-state index contributed by atoms with van der Waals surface area (Å²) in [5, 5.41) is 3.82. The molecule has 0 saturated carbocycles. The second-order valence-corrected chi connectivity index (χ2v) is 6.57. The van der Waals surface area contributed by atoms with Crippen molar-refractivity contribution >= 4 is 21.7 Å². The van der Waals surface area contributed by atoms with Gasteiger partial charge in [-0.25, -0.2) is 0 Å². The van der Waals surface area contributed by atoms with Gasteiger partial charge in [0.2, 0.25) is 0 Å². The number of benzene rings is 3. The normalized spacial score (nSPS) is 11.3. The lowest BCUT2D eigenvalue weighted by atomic mass is 9.91. The molecule has 1 heteroatoms. The molecule has 0 amide bonds. The van der Waals surface area contributed by atoms with Crippen molar-refractivity contribution in [1.82, 2.24) is 4.98 Å². The molecule has 25 heavy (non-hydrogen) atoms. The molecule has 3 aromatic carbocycles. The van der Waals surface area contributed by atoms with Crippen LogP contribution in [-0.2, 0) is 19.3 Å². The molecule has 0 atom stereocenters. The van der Waals surface area contributed by atoms with E-state index < -0.39 is 0 Å². The maximum Gasteiger partial charge on any atom is 0.0786 e. The first kappa shape index (κ1) is 15.8. The van der Waals surface area contributed by atoms with E-state index in [9.17, 15) is 0 Å². The van der Waals surface area contributed by atoms with Crippen LogP contribution in [0.25, 0.3) is 21.7 Å². The molecule has 4 aromatic rings. The third kappa shape index (κ3) is 2.80. The van der Waals surface area contributed by atoms with Gasteiger partial charge in [-0.3, -0.25) is 4.98 Å². The van der Waals surface area contributed by atoms with Crippen LogP contribution in [0.5, 0.6) is 0 Å². The van der Waals surface area contributed by atoms with E-state index in [2.05, 4.69) is 80.6 Å².